The van der Waals surface area contributed by atoms with E-state index in [1.165, 1.54) is 62.4 Å². The Labute approximate surface area is 598 Å². The van der Waals surface area contributed by atoms with Crippen LogP contribution in [0.25, 0.3) is 0 Å². The molecule has 0 radical (unpaired) electrons. The molecule has 3 aromatic carbocycles. The first kappa shape index (κ1) is 84.4. The minimum Gasteiger partial charge on any atom is -0.508 e. The molecule has 0 bridgehead atoms. The van der Waals surface area contributed by atoms with Crippen molar-refractivity contribution >= 4 is 119 Å². The van der Waals surface area contributed by atoms with E-state index in [4.69, 9.17) is 22.9 Å². The molecule has 11 atom stereocenters. The van der Waals surface area contributed by atoms with Crippen molar-refractivity contribution in [2.24, 2.45) is 33.8 Å². The van der Waals surface area contributed by atoms with Crippen LogP contribution in [0, 0.1) is 5.92 Å². The molecule has 36 nitrogen and oxygen atoms in total. The Morgan fingerprint density at radius 2 is 1.03 bits per heavy atom. The number of guanidine groups is 1. The van der Waals surface area contributed by atoms with E-state index >= 15 is 0 Å². The van der Waals surface area contributed by atoms with Gasteiger partial charge in [0.2, 0.25) is 35.4 Å². The number of nitrogens with one attached hydrogen (secondary N) is 11. The van der Waals surface area contributed by atoms with Gasteiger partial charge >= 0.3 is 289 Å². The number of nitrogens with two attached hydrogens (primary N) is 4. The number of hydrogen-bond acceptors (Lipinski definition) is 20. The van der Waals surface area contributed by atoms with Gasteiger partial charge in [-0.1, -0.05) is 38.1 Å². The van der Waals surface area contributed by atoms with Crippen molar-refractivity contribution < 1.29 is 92.7 Å². The van der Waals surface area contributed by atoms with Crippen LogP contribution in [-0.2, 0) is 80.0 Å². The van der Waals surface area contributed by atoms with Gasteiger partial charge in [-0.25, -0.2) is 0 Å². The first-order valence-corrected chi connectivity index (χ1v) is 38.7. The van der Waals surface area contributed by atoms with Crippen molar-refractivity contribution in [3.05, 3.63) is 90.0 Å². The maximum atomic E-state index is 14.3. The van der Waals surface area contributed by atoms with Gasteiger partial charge in [-0.05, 0) is 60.6 Å². The number of aromatic hydroxyl groups is 2. The molecule has 4 rings (SSSR count). The van der Waals surface area contributed by atoms with Crippen molar-refractivity contribution in [2.75, 3.05) is 39.5 Å². The van der Waals surface area contributed by atoms with E-state index in [9.17, 15) is 92.7 Å². The van der Waals surface area contributed by atoms with E-state index < -0.39 is 195 Å². The number of hydrogen-bond donors (Lipinski definition) is 20. The van der Waals surface area contributed by atoms with Gasteiger partial charge in [0.1, 0.15) is 41.7 Å². The standard InChI is InChI=1S/C64H91N17O19Se2/c1-33(2)24-42(72-35(4)85)56(93)76-44(26-37-16-20-39(87)21-17-37)58(95)74-41(12-8-22-69-64(67)68)55(92)71-34(3)54(91)75-45(27-51(65)88)59(96)78-47(30-83)60(97)80-49(32-101-102-40-10-6-5-7-11-40)61(98)79-48(31-84)63(100)81-23-9-13-50(81)62(99)70-28-52(89)73-43(25-36-14-18-38(86)19-15-36)57(94)77-46(29-82)53(66)90/h5-7,10-11,14-21,33-34,41-50,82-84,86-87H,8-9,12-13,22-32H2,1-4H3,(H2,65,88)(H2,66,90)(H,70,99)(H,71,92)(H,72,85)(H,73,89)(H,74,95)(H,75,91)(H,76,93)(H,77,94)(H,78,96)(H,79,98)(H,80,97)(H4,67,68,69)/t34-,41-,42-,43-,44-,45-,46-,47-,48-,49-,50-/m0/s1. The summed E-state index contributed by atoms with van der Waals surface area (Å²) >= 11 is -0.699. The van der Waals surface area contributed by atoms with Gasteiger partial charge in [0, 0.05) is 26.3 Å². The number of phenolic OH excluding ortho intramolecular Hbond substituents is 2. The normalized spacial score (nSPS) is 15.4. The molecule has 0 saturated carbocycles. The molecule has 0 aliphatic carbocycles. The molecule has 0 aromatic heterocycles. The summed E-state index contributed by atoms with van der Waals surface area (Å²) in [5.41, 5.74) is 22.7. The molecule has 3 aromatic rings. The Hall–Kier alpha value is -9.97. The van der Waals surface area contributed by atoms with E-state index in [1.54, 1.807) is 18.2 Å². The van der Waals surface area contributed by atoms with Crippen LogP contribution in [0.3, 0.4) is 0 Å². The zero-order valence-corrected chi connectivity index (χ0v) is 59.9. The Kier molecular flexibility index (Phi) is 35.6. The molecule has 24 N–H and O–H groups in total. The molecule has 1 aliphatic rings. The van der Waals surface area contributed by atoms with E-state index in [0.717, 1.165) is 9.36 Å². The monoisotopic (exact) mass is 1560 g/mol. The number of amides is 14. The fraction of sp³-hybridized carbons (Fsp3) is 0.484. The number of primary amides is 2. The van der Waals surface area contributed by atoms with Crippen LogP contribution in [0.5, 0.6) is 11.5 Å². The van der Waals surface area contributed by atoms with Gasteiger partial charge in [-0.2, -0.15) is 0 Å². The average molecular weight is 1560 g/mol. The molecule has 38 heteroatoms. The van der Waals surface area contributed by atoms with Crippen molar-refractivity contribution in [1.82, 2.24) is 63.4 Å². The Bertz CT molecular complexity index is 3430. The van der Waals surface area contributed by atoms with Gasteiger partial charge in [-0.15, -0.1) is 0 Å². The van der Waals surface area contributed by atoms with Crippen molar-refractivity contribution in [2.45, 2.75) is 151 Å². The van der Waals surface area contributed by atoms with Gasteiger partial charge in [0.25, 0.3) is 0 Å². The average Bonchev–Trinajstić information content (AvgIpc) is 1.66. The zero-order chi connectivity index (χ0) is 75.8. The van der Waals surface area contributed by atoms with Gasteiger partial charge in [0.15, 0.2) is 5.96 Å². The van der Waals surface area contributed by atoms with Crippen LogP contribution in [0.15, 0.2) is 83.9 Å². The first-order chi connectivity index (χ1) is 48.3. The topological polar surface area (TPSA) is 592 Å². The molecule has 0 spiro atoms. The van der Waals surface area contributed by atoms with Crippen LogP contribution in [0.2, 0.25) is 5.32 Å². The summed E-state index contributed by atoms with van der Waals surface area (Å²) in [5.74, 6) is -14.0. The summed E-state index contributed by atoms with van der Waals surface area (Å²) in [6.07, 6.45) is -0.854. The van der Waals surface area contributed by atoms with Crippen LogP contribution in [0.1, 0.15) is 77.3 Å². The van der Waals surface area contributed by atoms with Crippen LogP contribution >= 0.6 is 0 Å². The quantitative estimate of drug-likeness (QED) is 0.0108. The Balaban J connectivity index is 1.49. The predicted molar refractivity (Wildman–Crippen MR) is 368 cm³/mol. The third-order valence-corrected chi connectivity index (χ3v) is 22.4. The minimum atomic E-state index is -1.91. The molecule has 1 heterocycles. The SMILES string of the molecule is CC(=O)N[C@@H](CC(C)C)C(=O)N[C@@H](Cc1ccc(O)cc1)C(=O)N[C@@H](CCCN=C(N)N)C(=O)N[C@@H](C)C(=O)N[C@@H](CC(N)=O)C(=O)N[C@@H](CO)C(=O)N[C@@H](C[Se][Se]c1ccccc1)C(=O)N[C@@H](CO)C(=O)N1CCC[C@H]1C(=O)NCC(=O)N[C@@H](Cc1ccc(O)cc1)C(=O)N[C@@H](CO)C(N)=O. The number of rotatable bonds is 42. The van der Waals surface area contributed by atoms with Crippen LogP contribution in [0.4, 0.5) is 0 Å². The summed E-state index contributed by atoms with van der Waals surface area (Å²) < 4.78 is 0.916. The van der Waals surface area contributed by atoms with Crippen molar-refractivity contribution in [3.8, 4) is 11.5 Å². The van der Waals surface area contributed by atoms with Crippen molar-refractivity contribution in [1.29, 1.82) is 0 Å². The number of carbonyl (C=O) groups is 14. The number of aliphatic hydroxyl groups excluding tert-OH is 3. The molecule has 102 heavy (non-hydrogen) atoms. The molecular formula is C64H91N17O19Se2. The van der Waals surface area contributed by atoms with Gasteiger partial charge in [0.05, 0.1) is 6.61 Å². The number of phenols is 2. The van der Waals surface area contributed by atoms with E-state index in [-0.39, 0.29) is 99.9 Å². The molecule has 1 saturated heterocycles. The fourth-order valence-corrected chi connectivity index (χ4v) is 16.7. The van der Waals surface area contributed by atoms with Crippen LogP contribution in [-0.4, -0.2) is 251 Å². The zero-order valence-electron chi connectivity index (χ0n) is 56.5. The van der Waals surface area contributed by atoms with E-state index in [0.29, 0.717) is 11.1 Å². The molecule has 1 fully saturated rings. The Morgan fingerprint density at radius 3 is 1.57 bits per heavy atom. The number of carbonyl (C=O) groups excluding carboxylic acids is 14. The van der Waals surface area contributed by atoms with Crippen LogP contribution < -0.4 is 85.9 Å². The second-order valence-electron chi connectivity index (χ2n) is 24.1. The van der Waals surface area contributed by atoms with E-state index in [1.807, 2.05) is 26.0 Å². The second-order valence-corrected chi connectivity index (χ2v) is 31.0. The van der Waals surface area contributed by atoms with Crippen molar-refractivity contribution in [3.63, 3.8) is 0 Å². The summed E-state index contributed by atoms with van der Waals surface area (Å²) in [4.78, 5) is 194. The first-order valence-electron chi connectivity index (χ1n) is 32.3. The third kappa shape index (κ3) is 29.3. The molecule has 0 unspecified atom stereocenters. The molecule has 1 aliphatic heterocycles. The maximum absolute atomic E-state index is 14.3. The number of aliphatic imine (C=N–C) groups is 1. The van der Waals surface area contributed by atoms with E-state index in [2.05, 4.69) is 63.5 Å². The summed E-state index contributed by atoms with van der Waals surface area (Å²) in [5, 5.41) is 77.0. The Morgan fingerprint density at radius 1 is 0.549 bits per heavy atom. The van der Waals surface area contributed by atoms with Gasteiger partial charge < -0.3 is 59.1 Å². The summed E-state index contributed by atoms with van der Waals surface area (Å²) in [7, 11) is 0. The number of likely N-dealkylation sites (tertiary alicyclic amines) is 1. The number of aliphatic hydroxyl groups is 3. The smallest absolute Gasteiger partial charge is 0.508 e. The summed E-state index contributed by atoms with van der Waals surface area (Å²) in [6, 6.07) is 3.64. The fourth-order valence-electron chi connectivity index (χ4n) is 10.0. The number of nitrogens with zero attached hydrogens (tertiary/aromatic N) is 2. The van der Waals surface area contributed by atoms with Gasteiger partial charge in [-0.3, -0.25) is 38.6 Å². The molecule has 558 valence electrons. The number of benzene rings is 3. The molecule has 14 amide bonds. The summed E-state index contributed by atoms with van der Waals surface area (Å²) in [6.45, 7) is 2.19. The minimum absolute atomic E-state index is 0.0278. The predicted octanol–water partition coefficient (Wildman–Crippen LogP) is -8.62. The molecular weight excluding hydrogens is 1470 g/mol. The third-order valence-electron chi connectivity index (χ3n) is 15.3. The second kappa shape index (κ2) is 43.0.